The molecule has 0 aromatic carbocycles. The first-order valence-corrected chi connectivity index (χ1v) is 4.88. The van der Waals surface area contributed by atoms with Crippen LogP contribution in [0.3, 0.4) is 0 Å². The fourth-order valence-corrected chi connectivity index (χ4v) is 2.22. The lowest BCUT2D eigenvalue weighted by Crippen LogP contribution is -2.19. The summed E-state index contributed by atoms with van der Waals surface area (Å²) >= 11 is 0. The second kappa shape index (κ2) is 3.67. The van der Waals surface area contributed by atoms with E-state index in [1.54, 1.807) is 7.11 Å². The number of allylic oxidation sites excluding steroid dienone is 2. The first kappa shape index (κ1) is 10.5. The summed E-state index contributed by atoms with van der Waals surface area (Å²) in [5, 5.41) is 0. The van der Waals surface area contributed by atoms with Gasteiger partial charge in [0.15, 0.2) is 0 Å². The van der Waals surface area contributed by atoms with E-state index in [0.717, 1.165) is 0 Å². The molecule has 1 aliphatic rings. The van der Waals surface area contributed by atoms with E-state index < -0.39 is 0 Å². The summed E-state index contributed by atoms with van der Waals surface area (Å²) in [5.74, 6) is 0.505. The van der Waals surface area contributed by atoms with Crippen LogP contribution in [0.2, 0.25) is 0 Å². The smallest absolute Gasteiger partial charge is 0.0645 e. The molecular formula is C12H20O. The molecule has 1 atom stereocenters. The van der Waals surface area contributed by atoms with Gasteiger partial charge in [0.05, 0.1) is 6.10 Å². The normalized spacial score (nSPS) is 21.7. The maximum absolute atomic E-state index is 5.40. The lowest BCUT2D eigenvalue weighted by atomic mass is 9.92. The highest BCUT2D eigenvalue weighted by Crippen LogP contribution is 2.38. The quantitative estimate of drug-likeness (QED) is 0.633. The molecule has 1 heteroatoms. The molecule has 0 N–H and O–H groups in total. The van der Waals surface area contributed by atoms with Gasteiger partial charge in [0.1, 0.15) is 0 Å². The summed E-state index contributed by atoms with van der Waals surface area (Å²) in [7, 11) is 1.79. The lowest BCUT2D eigenvalue weighted by Gasteiger charge is -2.21. The minimum atomic E-state index is 0.299. The molecule has 13 heavy (non-hydrogen) atoms. The van der Waals surface area contributed by atoms with Crippen LogP contribution in [0.1, 0.15) is 34.6 Å². The molecule has 74 valence electrons. The molecule has 0 bridgehead atoms. The molecule has 0 saturated carbocycles. The van der Waals surface area contributed by atoms with Gasteiger partial charge in [0.25, 0.3) is 0 Å². The molecule has 0 aromatic rings. The fraction of sp³-hybridized carbons (Fsp3) is 0.667. The maximum Gasteiger partial charge on any atom is 0.0645 e. The first-order valence-electron chi connectivity index (χ1n) is 4.88. The minimum Gasteiger partial charge on any atom is -0.381 e. The first-order chi connectivity index (χ1) is 6.00. The van der Waals surface area contributed by atoms with Gasteiger partial charge in [-0.2, -0.15) is 0 Å². The Balaban J connectivity index is 3.02. The molecule has 0 fully saturated rings. The van der Waals surface area contributed by atoms with Crippen LogP contribution in [0.15, 0.2) is 22.3 Å². The summed E-state index contributed by atoms with van der Waals surface area (Å²) in [6.45, 7) is 11.0. The van der Waals surface area contributed by atoms with Crippen molar-refractivity contribution in [2.45, 2.75) is 40.7 Å². The summed E-state index contributed by atoms with van der Waals surface area (Å²) < 4.78 is 5.40. The summed E-state index contributed by atoms with van der Waals surface area (Å²) in [6.07, 6.45) is 0.299. The molecule has 0 amide bonds. The third-order valence-corrected chi connectivity index (χ3v) is 3.52. The molecule has 0 heterocycles. The van der Waals surface area contributed by atoms with Gasteiger partial charge >= 0.3 is 0 Å². The van der Waals surface area contributed by atoms with Crippen LogP contribution in [0, 0.1) is 5.92 Å². The van der Waals surface area contributed by atoms with Crippen molar-refractivity contribution in [2.24, 2.45) is 5.92 Å². The van der Waals surface area contributed by atoms with Crippen molar-refractivity contribution in [3.63, 3.8) is 0 Å². The maximum atomic E-state index is 5.40. The lowest BCUT2D eigenvalue weighted by molar-refractivity contribution is 0.0922. The van der Waals surface area contributed by atoms with Gasteiger partial charge in [-0.05, 0) is 45.8 Å². The zero-order valence-electron chi connectivity index (χ0n) is 9.56. The molecule has 1 nitrogen and oxygen atoms in total. The summed E-state index contributed by atoms with van der Waals surface area (Å²) in [4.78, 5) is 0. The fourth-order valence-electron chi connectivity index (χ4n) is 2.22. The highest BCUT2D eigenvalue weighted by atomic mass is 16.5. The van der Waals surface area contributed by atoms with Crippen molar-refractivity contribution in [2.75, 3.05) is 7.11 Å². The third kappa shape index (κ3) is 1.58. The summed E-state index contributed by atoms with van der Waals surface area (Å²) in [6, 6.07) is 0. The third-order valence-electron chi connectivity index (χ3n) is 3.52. The van der Waals surface area contributed by atoms with Crippen molar-refractivity contribution < 1.29 is 4.74 Å². The van der Waals surface area contributed by atoms with Gasteiger partial charge < -0.3 is 4.74 Å². The van der Waals surface area contributed by atoms with Crippen molar-refractivity contribution >= 4 is 0 Å². The van der Waals surface area contributed by atoms with Gasteiger partial charge in [-0.15, -0.1) is 0 Å². The van der Waals surface area contributed by atoms with Crippen molar-refractivity contribution in [3.8, 4) is 0 Å². The summed E-state index contributed by atoms with van der Waals surface area (Å²) in [5.41, 5.74) is 5.85. The van der Waals surface area contributed by atoms with Crippen LogP contribution in [0.25, 0.3) is 0 Å². The average Bonchev–Trinajstić information content (AvgIpc) is 2.30. The van der Waals surface area contributed by atoms with E-state index in [9.17, 15) is 0 Å². The molecule has 0 aromatic heterocycles. The number of methoxy groups -OCH3 is 1. The number of hydrogen-bond acceptors (Lipinski definition) is 1. The van der Waals surface area contributed by atoms with Crippen LogP contribution >= 0.6 is 0 Å². The zero-order valence-corrected chi connectivity index (χ0v) is 9.56. The predicted octanol–water partition coefficient (Wildman–Crippen LogP) is 3.32. The predicted molar refractivity (Wildman–Crippen MR) is 56.7 cm³/mol. The van der Waals surface area contributed by atoms with Crippen LogP contribution < -0.4 is 0 Å². The van der Waals surface area contributed by atoms with Crippen LogP contribution in [-0.4, -0.2) is 13.2 Å². The highest BCUT2D eigenvalue weighted by molar-refractivity contribution is 5.46. The minimum absolute atomic E-state index is 0.299. The number of ether oxygens (including phenoxy) is 1. The second-order valence-corrected chi connectivity index (χ2v) is 4.03. The largest absolute Gasteiger partial charge is 0.381 e. The Bertz CT molecular complexity index is 247. The Hall–Kier alpha value is -0.560. The Morgan fingerprint density at radius 2 is 1.38 bits per heavy atom. The average molecular weight is 180 g/mol. The van der Waals surface area contributed by atoms with Crippen LogP contribution in [-0.2, 0) is 4.74 Å². The Kier molecular flexibility index (Phi) is 2.97. The molecule has 0 saturated heterocycles. The van der Waals surface area contributed by atoms with Crippen molar-refractivity contribution in [1.29, 1.82) is 0 Å². The van der Waals surface area contributed by atoms with Gasteiger partial charge in [-0.1, -0.05) is 11.1 Å². The molecule has 0 aliphatic heterocycles. The molecule has 0 spiro atoms. The van der Waals surface area contributed by atoms with E-state index >= 15 is 0 Å². The molecule has 1 aliphatic carbocycles. The standard InChI is InChI=1S/C12H20O/c1-7-8(2)10(4)12(9(7)3)11(5)13-6/h11-12H,1-6H3. The molecule has 1 rings (SSSR count). The van der Waals surface area contributed by atoms with Gasteiger partial charge in [-0.25, -0.2) is 0 Å². The Morgan fingerprint density at radius 3 is 1.69 bits per heavy atom. The number of rotatable bonds is 2. The van der Waals surface area contributed by atoms with E-state index in [0.29, 0.717) is 12.0 Å². The van der Waals surface area contributed by atoms with Gasteiger partial charge in [0.2, 0.25) is 0 Å². The van der Waals surface area contributed by atoms with Crippen LogP contribution in [0.4, 0.5) is 0 Å². The van der Waals surface area contributed by atoms with Crippen LogP contribution in [0.5, 0.6) is 0 Å². The highest BCUT2D eigenvalue weighted by Gasteiger charge is 2.28. The van der Waals surface area contributed by atoms with Gasteiger partial charge in [-0.3, -0.25) is 0 Å². The molecule has 0 radical (unpaired) electrons. The topological polar surface area (TPSA) is 9.23 Å². The molecule has 1 unspecified atom stereocenters. The van der Waals surface area contributed by atoms with E-state index in [1.807, 2.05) is 0 Å². The zero-order chi connectivity index (χ0) is 10.2. The van der Waals surface area contributed by atoms with Crippen molar-refractivity contribution in [1.82, 2.24) is 0 Å². The van der Waals surface area contributed by atoms with E-state index in [1.165, 1.54) is 22.3 Å². The van der Waals surface area contributed by atoms with Crippen molar-refractivity contribution in [3.05, 3.63) is 22.3 Å². The van der Waals surface area contributed by atoms with E-state index in [2.05, 4.69) is 34.6 Å². The van der Waals surface area contributed by atoms with E-state index in [-0.39, 0.29) is 0 Å². The SMILES string of the molecule is COC(C)C1C(C)=C(C)C(C)=C1C. The molecular weight excluding hydrogens is 160 g/mol. The Labute approximate surface area is 81.5 Å². The van der Waals surface area contributed by atoms with E-state index in [4.69, 9.17) is 4.74 Å². The number of hydrogen-bond donors (Lipinski definition) is 0. The Morgan fingerprint density at radius 1 is 1.00 bits per heavy atom. The second-order valence-electron chi connectivity index (χ2n) is 4.03. The van der Waals surface area contributed by atoms with Gasteiger partial charge in [0, 0.05) is 13.0 Å². The monoisotopic (exact) mass is 180 g/mol.